The van der Waals surface area contributed by atoms with Crippen LogP contribution < -0.4 is 10.2 Å². The van der Waals surface area contributed by atoms with Gasteiger partial charge in [0.25, 0.3) is 0 Å². The molecule has 1 saturated heterocycles. The quantitative estimate of drug-likeness (QED) is 0.770. The second kappa shape index (κ2) is 8.33. The maximum absolute atomic E-state index is 13.1. The van der Waals surface area contributed by atoms with Crippen LogP contribution in [0.5, 0.6) is 0 Å². The van der Waals surface area contributed by atoms with Crippen molar-refractivity contribution in [3.63, 3.8) is 0 Å². The number of amides is 1. The standard InChI is InChI=1S/C20H21F3N2O2/c21-20(22,23)16-9-10-18(25-11-5-2-6-12-25)17(13-16)24-19(26)27-14-15-7-3-1-4-8-15/h1,3-4,7-10,13H,2,5-6,11-12,14H2,(H,24,26). The SMILES string of the molecule is O=C(Nc1cc(C(F)(F)F)ccc1N1CCCCC1)OCc1ccccc1. The number of nitrogens with one attached hydrogen (secondary N) is 1. The Morgan fingerprint density at radius 3 is 2.41 bits per heavy atom. The van der Waals surface area contributed by atoms with Crippen LogP contribution in [0, 0.1) is 0 Å². The fourth-order valence-electron chi connectivity index (χ4n) is 3.09. The van der Waals surface area contributed by atoms with Crippen LogP contribution in [-0.4, -0.2) is 19.2 Å². The lowest BCUT2D eigenvalue weighted by molar-refractivity contribution is -0.137. The smallest absolute Gasteiger partial charge is 0.416 e. The lowest BCUT2D eigenvalue weighted by Crippen LogP contribution is -2.30. The van der Waals surface area contributed by atoms with Crippen LogP contribution in [0.3, 0.4) is 0 Å². The van der Waals surface area contributed by atoms with Crippen molar-refractivity contribution >= 4 is 17.5 Å². The number of alkyl halides is 3. The molecule has 27 heavy (non-hydrogen) atoms. The fourth-order valence-corrected chi connectivity index (χ4v) is 3.09. The molecule has 1 N–H and O–H groups in total. The summed E-state index contributed by atoms with van der Waals surface area (Å²) in [5.41, 5.74) is 0.693. The summed E-state index contributed by atoms with van der Waals surface area (Å²) in [7, 11) is 0. The molecule has 0 saturated carbocycles. The first-order chi connectivity index (χ1) is 12.9. The molecule has 1 aliphatic rings. The molecule has 4 nitrogen and oxygen atoms in total. The van der Waals surface area contributed by atoms with Gasteiger partial charge in [0, 0.05) is 13.1 Å². The molecule has 0 radical (unpaired) electrons. The Balaban J connectivity index is 1.76. The number of halogens is 3. The third-order valence-corrected chi connectivity index (χ3v) is 4.47. The average Bonchev–Trinajstić information content (AvgIpc) is 2.67. The van der Waals surface area contributed by atoms with Gasteiger partial charge in [-0.1, -0.05) is 30.3 Å². The summed E-state index contributed by atoms with van der Waals surface area (Å²) in [5.74, 6) is 0. The highest BCUT2D eigenvalue weighted by molar-refractivity contribution is 5.90. The summed E-state index contributed by atoms with van der Waals surface area (Å²) in [4.78, 5) is 14.1. The number of rotatable bonds is 4. The predicted molar refractivity (Wildman–Crippen MR) is 97.8 cm³/mol. The molecule has 1 amide bonds. The molecule has 144 valence electrons. The summed E-state index contributed by atoms with van der Waals surface area (Å²) in [6, 6.07) is 12.5. The van der Waals surface area contributed by atoms with Crippen LogP contribution in [0.15, 0.2) is 48.5 Å². The molecular weight excluding hydrogens is 357 g/mol. The number of benzene rings is 2. The zero-order valence-electron chi connectivity index (χ0n) is 14.8. The Kier molecular flexibility index (Phi) is 5.88. The van der Waals surface area contributed by atoms with Crippen molar-refractivity contribution in [2.75, 3.05) is 23.3 Å². The van der Waals surface area contributed by atoms with Crippen LogP contribution in [-0.2, 0) is 17.5 Å². The normalized spacial score (nSPS) is 14.7. The molecule has 0 bridgehead atoms. The van der Waals surface area contributed by atoms with E-state index in [1.165, 1.54) is 6.07 Å². The minimum absolute atomic E-state index is 0.0463. The zero-order valence-corrected chi connectivity index (χ0v) is 14.8. The van der Waals surface area contributed by atoms with E-state index in [0.29, 0.717) is 5.69 Å². The lowest BCUT2D eigenvalue weighted by atomic mass is 10.1. The van der Waals surface area contributed by atoms with Gasteiger partial charge in [-0.05, 0) is 43.0 Å². The van der Waals surface area contributed by atoms with Crippen LogP contribution in [0.25, 0.3) is 0 Å². The molecule has 1 fully saturated rings. The van der Waals surface area contributed by atoms with Gasteiger partial charge in [0.1, 0.15) is 6.61 Å². The molecule has 2 aromatic carbocycles. The summed E-state index contributed by atoms with van der Waals surface area (Å²) in [6.07, 6.45) is -2.22. The van der Waals surface area contributed by atoms with Crippen molar-refractivity contribution < 1.29 is 22.7 Å². The van der Waals surface area contributed by atoms with Gasteiger partial charge in [-0.25, -0.2) is 4.79 Å². The van der Waals surface area contributed by atoms with Crippen LogP contribution >= 0.6 is 0 Å². The highest BCUT2D eigenvalue weighted by atomic mass is 19.4. The van der Waals surface area contributed by atoms with Gasteiger partial charge >= 0.3 is 12.3 Å². The van der Waals surface area contributed by atoms with E-state index in [-0.39, 0.29) is 12.3 Å². The van der Waals surface area contributed by atoms with Gasteiger partial charge < -0.3 is 9.64 Å². The number of carbonyl (C=O) groups excluding carboxylic acids is 1. The van der Waals surface area contributed by atoms with E-state index in [2.05, 4.69) is 5.32 Å². The molecule has 0 unspecified atom stereocenters. The van der Waals surface area contributed by atoms with Gasteiger partial charge in [-0.2, -0.15) is 13.2 Å². The van der Waals surface area contributed by atoms with Crippen molar-refractivity contribution in [1.82, 2.24) is 0 Å². The fraction of sp³-hybridized carbons (Fsp3) is 0.350. The molecular formula is C20H21F3N2O2. The molecule has 0 spiro atoms. The van der Waals surface area contributed by atoms with Crippen molar-refractivity contribution in [2.24, 2.45) is 0 Å². The summed E-state index contributed by atoms with van der Waals surface area (Å²) in [6.45, 7) is 1.54. The van der Waals surface area contributed by atoms with E-state index in [9.17, 15) is 18.0 Å². The Labute approximate surface area is 155 Å². The van der Waals surface area contributed by atoms with E-state index in [1.807, 2.05) is 23.1 Å². The van der Waals surface area contributed by atoms with E-state index in [0.717, 1.165) is 50.0 Å². The first-order valence-electron chi connectivity index (χ1n) is 8.87. The highest BCUT2D eigenvalue weighted by Gasteiger charge is 2.32. The number of hydrogen-bond donors (Lipinski definition) is 1. The Hall–Kier alpha value is -2.70. The first-order valence-corrected chi connectivity index (χ1v) is 8.87. The van der Waals surface area contributed by atoms with Gasteiger partial charge in [0.2, 0.25) is 0 Å². The number of anilines is 2. The molecule has 0 aromatic heterocycles. The summed E-state index contributed by atoms with van der Waals surface area (Å²) >= 11 is 0. The second-order valence-electron chi connectivity index (χ2n) is 6.46. The number of hydrogen-bond acceptors (Lipinski definition) is 3. The lowest BCUT2D eigenvalue weighted by Gasteiger charge is -2.31. The molecule has 0 atom stereocenters. The summed E-state index contributed by atoms with van der Waals surface area (Å²) in [5, 5.41) is 2.49. The molecule has 1 aliphatic heterocycles. The monoisotopic (exact) mass is 378 g/mol. The molecule has 2 aromatic rings. The highest BCUT2D eigenvalue weighted by Crippen LogP contribution is 2.36. The average molecular weight is 378 g/mol. The summed E-state index contributed by atoms with van der Waals surface area (Å²) < 4.78 is 44.4. The largest absolute Gasteiger partial charge is 0.444 e. The van der Waals surface area contributed by atoms with Crippen molar-refractivity contribution in [2.45, 2.75) is 32.0 Å². The Morgan fingerprint density at radius 1 is 1.04 bits per heavy atom. The van der Waals surface area contributed by atoms with Gasteiger partial charge in [-0.3, -0.25) is 5.32 Å². The minimum Gasteiger partial charge on any atom is -0.444 e. The Morgan fingerprint density at radius 2 is 1.74 bits per heavy atom. The number of piperidine rings is 1. The third-order valence-electron chi connectivity index (χ3n) is 4.47. The van der Waals surface area contributed by atoms with E-state index >= 15 is 0 Å². The molecule has 1 heterocycles. The predicted octanol–water partition coefficient (Wildman–Crippen LogP) is 5.44. The van der Waals surface area contributed by atoms with Gasteiger partial charge in [0.15, 0.2) is 0 Å². The zero-order chi connectivity index (χ0) is 19.3. The number of nitrogens with zero attached hydrogens (tertiary/aromatic N) is 1. The number of ether oxygens (including phenoxy) is 1. The van der Waals surface area contributed by atoms with E-state index < -0.39 is 17.8 Å². The maximum atomic E-state index is 13.1. The second-order valence-corrected chi connectivity index (χ2v) is 6.46. The van der Waals surface area contributed by atoms with Crippen molar-refractivity contribution in [3.05, 3.63) is 59.7 Å². The molecule has 3 rings (SSSR count). The number of carbonyl (C=O) groups is 1. The van der Waals surface area contributed by atoms with Crippen LogP contribution in [0.2, 0.25) is 0 Å². The van der Waals surface area contributed by atoms with Crippen molar-refractivity contribution in [3.8, 4) is 0 Å². The van der Waals surface area contributed by atoms with E-state index in [4.69, 9.17) is 4.74 Å². The van der Waals surface area contributed by atoms with Crippen LogP contribution in [0.1, 0.15) is 30.4 Å². The first kappa shape index (κ1) is 19.1. The van der Waals surface area contributed by atoms with E-state index in [1.54, 1.807) is 12.1 Å². The Bertz CT molecular complexity index is 773. The molecule has 7 heteroatoms. The van der Waals surface area contributed by atoms with Crippen molar-refractivity contribution in [1.29, 1.82) is 0 Å². The van der Waals surface area contributed by atoms with Gasteiger partial charge in [-0.15, -0.1) is 0 Å². The minimum atomic E-state index is -4.48. The molecule has 0 aliphatic carbocycles. The third kappa shape index (κ3) is 5.15. The van der Waals surface area contributed by atoms with Gasteiger partial charge in [0.05, 0.1) is 16.9 Å². The van der Waals surface area contributed by atoms with Crippen LogP contribution in [0.4, 0.5) is 29.3 Å². The topological polar surface area (TPSA) is 41.6 Å². The maximum Gasteiger partial charge on any atom is 0.416 e.